The fourth-order valence-electron chi connectivity index (χ4n) is 1.27. The van der Waals surface area contributed by atoms with Crippen molar-refractivity contribution in [3.05, 3.63) is 6.92 Å². The zero-order chi connectivity index (χ0) is 6.53. The van der Waals surface area contributed by atoms with Crippen LogP contribution >= 0.6 is 0 Å². The zero-order valence-electron chi connectivity index (χ0n) is 5.81. The molecule has 2 radical (unpaired) electrons. The van der Waals surface area contributed by atoms with Gasteiger partial charge in [0.2, 0.25) is 0 Å². The topological polar surface area (TPSA) is 9.23 Å². The van der Waals surface area contributed by atoms with Crippen LogP contribution in [0.25, 0.3) is 0 Å². The minimum Gasteiger partial charge on any atom is -0.381 e. The first-order valence-corrected chi connectivity index (χ1v) is 3.71. The molecule has 1 atom stereocenters. The lowest BCUT2D eigenvalue weighted by Crippen LogP contribution is -2.16. The van der Waals surface area contributed by atoms with Crippen molar-refractivity contribution in [1.82, 2.24) is 0 Å². The van der Waals surface area contributed by atoms with E-state index in [2.05, 4.69) is 0 Å². The van der Waals surface area contributed by atoms with E-state index in [4.69, 9.17) is 11.7 Å². The predicted molar refractivity (Wildman–Crippen MR) is 37.1 cm³/mol. The molecule has 1 rings (SSSR count). The summed E-state index contributed by atoms with van der Waals surface area (Å²) in [6, 6.07) is 0. The maximum atomic E-state index is 5.40. The molecule has 1 aliphatic rings. The van der Waals surface area contributed by atoms with Crippen LogP contribution in [0.1, 0.15) is 25.7 Å². The fourth-order valence-corrected chi connectivity index (χ4v) is 1.27. The lowest BCUT2D eigenvalue weighted by Gasteiger charge is -2.20. The second kappa shape index (κ2) is 3.89. The third kappa shape index (κ3) is 2.35. The molecule has 0 N–H and O–H groups in total. The molecule has 1 heteroatoms. The lowest BCUT2D eigenvalue weighted by molar-refractivity contribution is 0.0520. The van der Waals surface area contributed by atoms with Crippen molar-refractivity contribution in [1.29, 1.82) is 0 Å². The smallest absolute Gasteiger partial charge is 0.0494 e. The van der Waals surface area contributed by atoms with Crippen molar-refractivity contribution >= 4 is 0 Å². The quantitative estimate of drug-likeness (QED) is 0.549. The molecular formula is C8H14O. The Balaban J connectivity index is 2.08. The van der Waals surface area contributed by atoms with Crippen molar-refractivity contribution in [3.8, 4) is 0 Å². The average Bonchev–Trinajstić information content (AvgIpc) is 1.91. The SMILES string of the molecule is [CH]CCC1CCCOC1. The molecule has 0 saturated carbocycles. The highest BCUT2D eigenvalue weighted by Gasteiger charge is 2.11. The Morgan fingerprint density at radius 1 is 1.56 bits per heavy atom. The molecule has 52 valence electrons. The molecule has 0 aliphatic carbocycles. The first-order chi connectivity index (χ1) is 4.43. The molecule has 0 aromatic heterocycles. The summed E-state index contributed by atoms with van der Waals surface area (Å²) in [6.45, 7) is 7.30. The average molecular weight is 126 g/mol. The molecule has 9 heavy (non-hydrogen) atoms. The van der Waals surface area contributed by atoms with Gasteiger partial charge in [-0.05, 0) is 38.5 Å². The van der Waals surface area contributed by atoms with Crippen molar-refractivity contribution in [2.45, 2.75) is 25.7 Å². The largest absolute Gasteiger partial charge is 0.381 e. The Bertz CT molecular complexity index is 62.2. The van der Waals surface area contributed by atoms with E-state index in [-0.39, 0.29) is 0 Å². The van der Waals surface area contributed by atoms with Crippen molar-refractivity contribution < 1.29 is 4.74 Å². The van der Waals surface area contributed by atoms with Gasteiger partial charge in [-0.25, -0.2) is 0 Å². The van der Waals surface area contributed by atoms with Crippen LogP contribution in [0.4, 0.5) is 0 Å². The van der Waals surface area contributed by atoms with Gasteiger partial charge in [0.15, 0.2) is 0 Å². The Morgan fingerprint density at radius 3 is 3.00 bits per heavy atom. The van der Waals surface area contributed by atoms with Gasteiger partial charge in [0.05, 0.1) is 0 Å². The molecule has 1 heterocycles. The van der Waals surface area contributed by atoms with Crippen LogP contribution in [0.15, 0.2) is 0 Å². The van der Waals surface area contributed by atoms with Crippen LogP contribution in [0.2, 0.25) is 0 Å². The summed E-state index contributed by atoms with van der Waals surface area (Å²) in [7, 11) is 0. The molecule has 1 fully saturated rings. The van der Waals surface area contributed by atoms with E-state index >= 15 is 0 Å². The first kappa shape index (κ1) is 7.07. The predicted octanol–water partition coefficient (Wildman–Crippen LogP) is 1.90. The van der Waals surface area contributed by atoms with Gasteiger partial charge in [0.25, 0.3) is 0 Å². The summed E-state index contributed by atoms with van der Waals surface area (Å²) in [5, 5.41) is 0. The van der Waals surface area contributed by atoms with E-state index in [1.54, 1.807) is 0 Å². The first-order valence-electron chi connectivity index (χ1n) is 3.71. The van der Waals surface area contributed by atoms with Crippen LogP contribution in [-0.2, 0) is 4.74 Å². The number of hydrogen-bond donors (Lipinski definition) is 0. The van der Waals surface area contributed by atoms with Crippen LogP contribution < -0.4 is 0 Å². The molecule has 0 spiro atoms. The summed E-state index contributed by atoms with van der Waals surface area (Å²) in [5.41, 5.74) is 0. The molecule has 0 aromatic rings. The summed E-state index contributed by atoms with van der Waals surface area (Å²) in [6.07, 6.45) is 4.50. The van der Waals surface area contributed by atoms with Crippen molar-refractivity contribution in [3.63, 3.8) is 0 Å². The van der Waals surface area contributed by atoms with E-state index in [0.717, 1.165) is 32.0 Å². The van der Waals surface area contributed by atoms with Gasteiger partial charge in [-0.2, -0.15) is 0 Å². The standard InChI is InChI=1S/C8H14O/c1-2-4-8-5-3-6-9-7-8/h1,8H,2-7H2. The van der Waals surface area contributed by atoms with Crippen LogP contribution in [0.5, 0.6) is 0 Å². The normalized spacial score (nSPS) is 28.3. The van der Waals surface area contributed by atoms with Crippen LogP contribution in [0, 0.1) is 12.8 Å². The van der Waals surface area contributed by atoms with E-state index in [1.165, 1.54) is 12.8 Å². The Kier molecular flexibility index (Phi) is 3.05. The third-order valence-corrected chi connectivity index (χ3v) is 1.83. The van der Waals surface area contributed by atoms with Crippen molar-refractivity contribution in [2.24, 2.45) is 5.92 Å². The summed E-state index contributed by atoms with van der Waals surface area (Å²) < 4.78 is 5.28. The monoisotopic (exact) mass is 126 g/mol. The molecule has 0 amide bonds. The second-order valence-corrected chi connectivity index (χ2v) is 2.66. The summed E-state index contributed by atoms with van der Waals surface area (Å²) >= 11 is 0. The number of rotatable bonds is 2. The highest BCUT2D eigenvalue weighted by molar-refractivity contribution is 4.63. The molecule has 1 unspecified atom stereocenters. The third-order valence-electron chi connectivity index (χ3n) is 1.83. The van der Waals surface area contributed by atoms with Gasteiger partial charge in [-0.15, -0.1) is 0 Å². The Hall–Kier alpha value is -0.0400. The van der Waals surface area contributed by atoms with E-state index in [1.807, 2.05) is 0 Å². The highest BCUT2D eigenvalue weighted by atomic mass is 16.5. The van der Waals surface area contributed by atoms with Gasteiger partial charge in [0, 0.05) is 13.2 Å². The Labute approximate surface area is 57.4 Å². The maximum Gasteiger partial charge on any atom is 0.0494 e. The minimum absolute atomic E-state index is 0.753. The van der Waals surface area contributed by atoms with Crippen LogP contribution in [-0.4, -0.2) is 13.2 Å². The molecule has 0 aromatic carbocycles. The number of ether oxygens (including phenoxy) is 1. The maximum absolute atomic E-state index is 5.40. The van der Waals surface area contributed by atoms with E-state index < -0.39 is 0 Å². The van der Waals surface area contributed by atoms with Gasteiger partial charge < -0.3 is 4.74 Å². The lowest BCUT2D eigenvalue weighted by atomic mass is 9.98. The van der Waals surface area contributed by atoms with Crippen LogP contribution in [0.3, 0.4) is 0 Å². The van der Waals surface area contributed by atoms with Crippen molar-refractivity contribution in [2.75, 3.05) is 13.2 Å². The summed E-state index contributed by atoms with van der Waals surface area (Å²) in [4.78, 5) is 0. The molecule has 1 saturated heterocycles. The zero-order valence-corrected chi connectivity index (χ0v) is 5.81. The minimum atomic E-state index is 0.753. The summed E-state index contributed by atoms with van der Waals surface area (Å²) in [5.74, 6) is 0.753. The molecule has 0 bridgehead atoms. The van der Waals surface area contributed by atoms with E-state index in [9.17, 15) is 0 Å². The van der Waals surface area contributed by atoms with Gasteiger partial charge in [-0.1, -0.05) is 0 Å². The molecule has 1 nitrogen and oxygen atoms in total. The van der Waals surface area contributed by atoms with E-state index in [0.29, 0.717) is 0 Å². The van der Waals surface area contributed by atoms with Gasteiger partial charge in [-0.3, -0.25) is 0 Å². The second-order valence-electron chi connectivity index (χ2n) is 2.66. The fraction of sp³-hybridized carbons (Fsp3) is 0.875. The van der Waals surface area contributed by atoms with Gasteiger partial charge in [0.1, 0.15) is 0 Å². The highest BCUT2D eigenvalue weighted by Crippen LogP contribution is 2.17. The number of hydrogen-bond acceptors (Lipinski definition) is 1. The molecule has 1 aliphatic heterocycles. The van der Waals surface area contributed by atoms with Gasteiger partial charge >= 0.3 is 0 Å². The Morgan fingerprint density at radius 2 is 2.44 bits per heavy atom. The molecular weight excluding hydrogens is 112 g/mol.